The molecule has 0 N–H and O–H groups in total. The van der Waals surface area contributed by atoms with Crippen molar-refractivity contribution in [3.05, 3.63) is 0 Å². The molecule has 0 fully saturated rings. The van der Waals surface area contributed by atoms with E-state index in [2.05, 4.69) is 0 Å². The predicted molar refractivity (Wildman–Crippen MR) is 55.9 cm³/mol. The Balaban J connectivity index is 4.51. The van der Waals surface area contributed by atoms with Crippen molar-refractivity contribution in [2.45, 2.75) is 39.9 Å². The van der Waals surface area contributed by atoms with Crippen molar-refractivity contribution in [1.29, 1.82) is 0 Å². The van der Waals surface area contributed by atoms with E-state index in [0.29, 0.717) is 0 Å². The molecule has 0 aliphatic heterocycles. The number of carbonyl (C=O) groups excluding carboxylic acids is 2. The Labute approximate surface area is 85.1 Å². The minimum Gasteiger partial charge on any atom is -0.320 e. The Morgan fingerprint density at radius 2 is 1.31 bits per heavy atom. The van der Waals surface area contributed by atoms with E-state index in [1.54, 1.807) is 0 Å². The Kier molecular flexibility index (Phi) is 5.52. The van der Waals surface area contributed by atoms with E-state index in [-0.39, 0.29) is 21.1 Å². The van der Waals surface area contributed by atoms with Crippen LogP contribution in [0.15, 0.2) is 0 Å². The molecule has 0 aromatic heterocycles. The van der Waals surface area contributed by atoms with Gasteiger partial charge >= 0.3 is 14.1 Å². The van der Waals surface area contributed by atoms with Crippen molar-refractivity contribution < 1.29 is 9.59 Å². The molecular weight excluding hydrogens is 179 g/mol. The zero-order valence-corrected chi connectivity index (χ0v) is 10.4. The van der Waals surface area contributed by atoms with Gasteiger partial charge in [0.25, 0.3) is 0 Å². The van der Waals surface area contributed by atoms with E-state index in [4.69, 9.17) is 0 Å². The summed E-state index contributed by atoms with van der Waals surface area (Å²) in [6.07, 6.45) is 0. The summed E-state index contributed by atoms with van der Waals surface area (Å²) in [6, 6.07) is 0. The SMILES string of the molecule is C[CH2][Al]([C](=O)C(C)C)[C](=O)C(C)C. The topological polar surface area (TPSA) is 34.1 Å². The zero-order chi connectivity index (χ0) is 10.6. The average Bonchev–Trinajstić information content (AvgIpc) is 2.04. The number of hydrogen-bond donors (Lipinski definition) is 0. The summed E-state index contributed by atoms with van der Waals surface area (Å²) in [5.74, 6) is 0.0543. The van der Waals surface area contributed by atoms with Gasteiger partial charge in [0.15, 0.2) is 0 Å². The van der Waals surface area contributed by atoms with Gasteiger partial charge in [-0.25, -0.2) is 0 Å². The molecule has 13 heavy (non-hydrogen) atoms. The number of hydrogen-bond acceptors (Lipinski definition) is 2. The highest BCUT2D eigenvalue weighted by Crippen LogP contribution is 2.08. The van der Waals surface area contributed by atoms with Gasteiger partial charge in [-0.15, -0.1) is 0 Å². The number of carbonyl (C=O) groups is 2. The van der Waals surface area contributed by atoms with E-state index < -0.39 is 14.1 Å². The molecule has 0 bridgehead atoms. The van der Waals surface area contributed by atoms with Gasteiger partial charge in [-0.2, -0.15) is 0 Å². The highest BCUT2D eigenvalue weighted by molar-refractivity contribution is 7.11. The molecule has 0 aliphatic carbocycles. The highest BCUT2D eigenvalue weighted by Gasteiger charge is 2.35. The van der Waals surface area contributed by atoms with Gasteiger partial charge < -0.3 is 9.59 Å². The molecule has 0 aromatic carbocycles. The summed E-state index contributed by atoms with van der Waals surface area (Å²) in [7, 11) is 0. The summed E-state index contributed by atoms with van der Waals surface area (Å²) in [4.78, 5) is 23.3. The molecule has 0 saturated carbocycles. The van der Waals surface area contributed by atoms with Crippen LogP contribution >= 0.6 is 0 Å². The quantitative estimate of drug-likeness (QED) is 0.633. The highest BCUT2D eigenvalue weighted by atomic mass is 27.2. The molecule has 74 valence electrons. The maximum atomic E-state index is 11.7. The van der Waals surface area contributed by atoms with Crippen molar-refractivity contribution in [2.24, 2.45) is 11.8 Å². The van der Waals surface area contributed by atoms with Crippen LogP contribution in [0.1, 0.15) is 34.6 Å². The minimum absolute atomic E-state index is 0.0271. The van der Waals surface area contributed by atoms with Gasteiger partial charge in [0.2, 0.25) is 0 Å². The molecule has 0 atom stereocenters. The fourth-order valence-corrected chi connectivity index (χ4v) is 4.04. The molecular formula is C10H19AlO2. The van der Waals surface area contributed by atoms with Crippen LogP contribution in [-0.4, -0.2) is 23.4 Å². The molecule has 0 aliphatic rings. The molecule has 0 spiro atoms. The van der Waals surface area contributed by atoms with Gasteiger partial charge in [-0.05, 0) is 11.8 Å². The lowest BCUT2D eigenvalue weighted by atomic mass is 10.2. The Bertz CT molecular complexity index is 177. The van der Waals surface area contributed by atoms with E-state index >= 15 is 0 Å². The lowest BCUT2D eigenvalue weighted by Crippen LogP contribution is -2.40. The second-order valence-electron chi connectivity index (χ2n) is 4.07. The molecule has 0 heterocycles. The Morgan fingerprint density at radius 3 is 1.46 bits per heavy atom. The monoisotopic (exact) mass is 198 g/mol. The standard InChI is InChI=1S/2C4H7O.C2H5.Al/c2*1-4(2)3-5;1-2;/h2*4H,1-2H3;1H2,2H3;. The largest absolute Gasteiger partial charge is 0.461 e. The fourth-order valence-electron chi connectivity index (χ4n) is 1.35. The molecule has 0 aromatic rings. The average molecular weight is 198 g/mol. The Hall–Kier alpha value is -0.128. The van der Waals surface area contributed by atoms with Crippen LogP contribution in [0.25, 0.3) is 0 Å². The minimum atomic E-state index is -1.79. The Morgan fingerprint density at radius 1 is 1.00 bits per heavy atom. The molecule has 0 saturated heterocycles. The van der Waals surface area contributed by atoms with E-state index in [1.165, 1.54) is 0 Å². The first-order valence-corrected chi connectivity index (χ1v) is 6.96. The molecule has 3 heteroatoms. The fraction of sp³-hybridized carbons (Fsp3) is 0.800. The van der Waals surface area contributed by atoms with Crippen LogP contribution in [0, 0.1) is 11.8 Å². The van der Waals surface area contributed by atoms with E-state index in [1.807, 2.05) is 34.6 Å². The van der Waals surface area contributed by atoms with Crippen molar-refractivity contribution >= 4 is 23.4 Å². The van der Waals surface area contributed by atoms with Crippen molar-refractivity contribution in [1.82, 2.24) is 0 Å². The summed E-state index contributed by atoms with van der Waals surface area (Å²) < 4.78 is 0.447. The van der Waals surface area contributed by atoms with Crippen LogP contribution in [0.4, 0.5) is 0 Å². The second-order valence-corrected chi connectivity index (χ2v) is 7.13. The van der Waals surface area contributed by atoms with Crippen LogP contribution in [0.2, 0.25) is 5.28 Å². The predicted octanol–water partition coefficient (Wildman–Crippen LogP) is 2.03. The lowest BCUT2D eigenvalue weighted by molar-refractivity contribution is -0.118. The van der Waals surface area contributed by atoms with Gasteiger partial charge in [0.1, 0.15) is 0 Å². The third-order valence-electron chi connectivity index (χ3n) is 2.23. The maximum Gasteiger partial charge on any atom is 0.461 e. The molecule has 0 rings (SSSR count). The second kappa shape index (κ2) is 5.57. The van der Waals surface area contributed by atoms with Crippen molar-refractivity contribution in [2.75, 3.05) is 0 Å². The first-order valence-electron chi connectivity index (χ1n) is 4.99. The van der Waals surface area contributed by atoms with Crippen LogP contribution in [0.3, 0.4) is 0 Å². The van der Waals surface area contributed by atoms with Gasteiger partial charge in [0, 0.05) is 0 Å². The third-order valence-corrected chi connectivity index (χ3v) is 5.76. The van der Waals surface area contributed by atoms with Gasteiger partial charge in [0.05, 0.1) is 9.29 Å². The summed E-state index contributed by atoms with van der Waals surface area (Å²) in [5, 5.41) is 0.772. The summed E-state index contributed by atoms with van der Waals surface area (Å²) in [5.41, 5.74) is 0. The maximum absolute atomic E-state index is 11.7. The number of rotatable bonds is 5. The summed E-state index contributed by atoms with van der Waals surface area (Å²) >= 11 is -1.79. The normalized spacial score (nSPS) is 10.7. The first kappa shape index (κ1) is 12.9. The smallest absolute Gasteiger partial charge is 0.320 e. The van der Waals surface area contributed by atoms with Crippen molar-refractivity contribution in [3.63, 3.8) is 0 Å². The van der Waals surface area contributed by atoms with E-state index in [0.717, 1.165) is 5.28 Å². The molecule has 2 nitrogen and oxygen atoms in total. The lowest BCUT2D eigenvalue weighted by Gasteiger charge is -2.12. The van der Waals surface area contributed by atoms with Crippen LogP contribution in [-0.2, 0) is 9.59 Å². The zero-order valence-electron chi connectivity index (χ0n) is 9.26. The van der Waals surface area contributed by atoms with Crippen LogP contribution in [0.5, 0.6) is 0 Å². The van der Waals surface area contributed by atoms with Gasteiger partial charge in [-0.1, -0.05) is 39.9 Å². The molecule has 0 radical (unpaired) electrons. The van der Waals surface area contributed by atoms with Crippen LogP contribution < -0.4 is 0 Å². The molecule has 0 unspecified atom stereocenters. The summed E-state index contributed by atoms with van der Waals surface area (Å²) in [6.45, 7) is 9.48. The van der Waals surface area contributed by atoms with E-state index in [9.17, 15) is 9.59 Å². The third kappa shape index (κ3) is 3.62. The van der Waals surface area contributed by atoms with Gasteiger partial charge in [-0.3, -0.25) is 0 Å². The molecule has 0 amide bonds. The first-order chi connectivity index (χ1) is 5.91. The van der Waals surface area contributed by atoms with Crippen molar-refractivity contribution in [3.8, 4) is 0 Å².